The van der Waals surface area contributed by atoms with E-state index in [1.807, 2.05) is 6.92 Å². The summed E-state index contributed by atoms with van der Waals surface area (Å²) in [5.41, 5.74) is 0.668. The van der Waals surface area contributed by atoms with E-state index in [1.165, 1.54) is 4.68 Å². The number of aromatic nitrogens is 3. The van der Waals surface area contributed by atoms with Crippen LogP contribution in [0.4, 0.5) is 4.39 Å². The summed E-state index contributed by atoms with van der Waals surface area (Å²) >= 11 is 0. The Bertz CT molecular complexity index is 515. The summed E-state index contributed by atoms with van der Waals surface area (Å²) in [6, 6.07) is 1.10. The molecule has 0 aliphatic rings. The molecule has 16 heavy (non-hydrogen) atoms. The summed E-state index contributed by atoms with van der Waals surface area (Å²) in [4.78, 5) is 3.88. The van der Waals surface area contributed by atoms with E-state index in [9.17, 15) is 4.39 Å². The zero-order chi connectivity index (χ0) is 11.7. The van der Waals surface area contributed by atoms with Crippen LogP contribution in [0, 0.1) is 12.7 Å². The first-order chi connectivity index (χ1) is 7.58. The molecule has 2 heterocycles. The van der Waals surface area contributed by atoms with Crippen LogP contribution in [0.5, 0.6) is 0 Å². The highest BCUT2D eigenvalue weighted by atomic mass is 19.1. The minimum Gasteiger partial charge on any atom is -0.423 e. The van der Waals surface area contributed by atoms with Crippen molar-refractivity contribution in [2.45, 2.75) is 6.92 Å². The lowest BCUT2D eigenvalue weighted by Crippen LogP contribution is -2.33. The predicted molar refractivity (Wildman–Crippen MR) is 55.9 cm³/mol. The van der Waals surface area contributed by atoms with E-state index in [0.717, 1.165) is 17.8 Å². The monoisotopic (exact) mass is 221 g/mol. The van der Waals surface area contributed by atoms with Crippen LogP contribution in [0.1, 0.15) is 5.56 Å². The normalized spacial score (nSPS) is 10.5. The maximum Gasteiger partial charge on any atom is 0.493 e. The Hall–Kier alpha value is -1.73. The Morgan fingerprint density at radius 3 is 2.62 bits per heavy atom. The van der Waals surface area contributed by atoms with Crippen LogP contribution < -0.4 is 5.46 Å². The van der Waals surface area contributed by atoms with Crippen molar-refractivity contribution in [1.29, 1.82) is 0 Å². The lowest BCUT2D eigenvalue weighted by Gasteiger charge is -2.04. The maximum atomic E-state index is 13.4. The molecule has 0 saturated carbocycles. The summed E-state index contributed by atoms with van der Waals surface area (Å²) in [6.45, 7) is 1.85. The third-order valence-electron chi connectivity index (χ3n) is 2.09. The van der Waals surface area contributed by atoms with Gasteiger partial charge in [-0.15, -0.1) is 0 Å². The standard InChI is InChI=1S/C9H9BFN3O2/c1-6-3-13-14(5-6)9-2-8(11)7(4-12-9)10(15)16/h2-5,15-16H,1H3. The molecule has 0 bridgehead atoms. The quantitative estimate of drug-likeness (QED) is 0.664. The fraction of sp³-hybridized carbons (Fsp3) is 0.111. The van der Waals surface area contributed by atoms with Crippen molar-refractivity contribution in [2.75, 3.05) is 0 Å². The van der Waals surface area contributed by atoms with E-state index in [-0.39, 0.29) is 11.3 Å². The molecule has 2 N–H and O–H groups in total. The lowest BCUT2D eigenvalue weighted by atomic mass is 9.81. The summed E-state index contributed by atoms with van der Waals surface area (Å²) in [6.07, 6.45) is 4.39. The smallest absolute Gasteiger partial charge is 0.423 e. The molecule has 0 fully saturated rings. The van der Waals surface area contributed by atoms with Gasteiger partial charge in [-0.05, 0) is 12.5 Å². The first-order valence-corrected chi connectivity index (χ1v) is 4.61. The number of hydrogen-bond acceptors (Lipinski definition) is 4. The fourth-order valence-electron chi connectivity index (χ4n) is 1.28. The van der Waals surface area contributed by atoms with Crippen molar-refractivity contribution in [2.24, 2.45) is 0 Å². The Kier molecular flexibility index (Phi) is 2.72. The molecule has 0 aliphatic carbocycles. The molecule has 0 spiro atoms. The molecule has 82 valence electrons. The Morgan fingerprint density at radius 2 is 2.12 bits per heavy atom. The van der Waals surface area contributed by atoms with E-state index in [2.05, 4.69) is 10.1 Å². The second kappa shape index (κ2) is 4.03. The highest BCUT2D eigenvalue weighted by Gasteiger charge is 2.17. The highest BCUT2D eigenvalue weighted by molar-refractivity contribution is 6.58. The highest BCUT2D eigenvalue weighted by Crippen LogP contribution is 2.05. The average molecular weight is 221 g/mol. The Labute approximate surface area is 91.3 Å². The summed E-state index contributed by atoms with van der Waals surface area (Å²) in [5.74, 6) is -0.442. The second-order valence-corrected chi connectivity index (χ2v) is 3.40. The zero-order valence-corrected chi connectivity index (χ0v) is 8.50. The van der Waals surface area contributed by atoms with Gasteiger partial charge in [0.1, 0.15) is 5.82 Å². The Morgan fingerprint density at radius 1 is 1.38 bits per heavy atom. The first-order valence-electron chi connectivity index (χ1n) is 4.61. The fourth-order valence-corrected chi connectivity index (χ4v) is 1.28. The molecule has 2 aromatic heterocycles. The molecular weight excluding hydrogens is 212 g/mol. The molecule has 2 aromatic rings. The summed E-state index contributed by atoms with van der Waals surface area (Å²) in [7, 11) is -1.86. The van der Waals surface area contributed by atoms with Gasteiger partial charge in [0.15, 0.2) is 5.82 Å². The SMILES string of the molecule is Cc1cnn(-c2cc(F)c(B(O)O)cn2)c1. The molecule has 0 aromatic carbocycles. The van der Waals surface area contributed by atoms with Gasteiger partial charge in [-0.25, -0.2) is 14.1 Å². The summed E-state index contributed by atoms with van der Waals surface area (Å²) < 4.78 is 14.8. The molecule has 0 aliphatic heterocycles. The van der Waals surface area contributed by atoms with Gasteiger partial charge in [0, 0.05) is 23.9 Å². The number of pyridine rings is 1. The third-order valence-corrected chi connectivity index (χ3v) is 2.09. The van der Waals surface area contributed by atoms with Crippen molar-refractivity contribution < 1.29 is 14.4 Å². The van der Waals surface area contributed by atoms with E-state index >= 15 is 0 Å². The van der Waals surface area contributed by atoms with Crippen LogP contribution in [-0.2, 0) is 0 Å². The Balaban J connectivity index is 2.42. The molecule has 7 heteroatoms. The number of halogens is 1. The van der Waals surface area contributed by atoms with Crippen LogP contribution in [0.25, 0.3) is 5.82 Å². The molecule has 0 atom stereocenters. The minimum atomic E-state index is -1.86. The van der Waals surface area contributed by atoms with E-state index in [4.69, 9.17) is 10.0 Å². The van der Waals surface area contributed by atoms with Crippen molar-refractivity contribution in [1.82, 2.24) is 14.8 Å². The van der Waals surface area contributed by atoms with Crippen molar-refractivity contribution in [3.63, 3.8) is 0 Å². The van der Waals surface area contributed by atoms with Gasteiger partial charge in [-0.3, -0.25) is 0 Å². The number of rotatable bonds is 2. The number of aryl methyl sites for hydroxylation is 1. The minimum absolute atomic E-state index is 0.257. The molecule has 0 unspecified atom stereocenters. The average Bonchev–Trinajstić information content (AvgIpc) is 2.64. The number of hydrogen-bond donors (Lipinski definition) is 2. The van der Waals surface area contributed by atoms with Gasteiger partial charge in [-0.1, -0.05) is 0 Å². The van der Waals surface area contributed by atoms with Gasteiger partial charge in [-0.2, -0.15) is 5.10 Å². The predicted octanol–water partition coefficient (Wildman–Crippen LogP) is -0.605. The second-order valence-electron chi connectivity index (χ2n) is 3.40. The van der Waals surface area contributed by atoms with Gasteiger partial charge in [0.05, 0.1) is 6.20 Å². The van der Waals surface area contributed by atoms with E-state index in [1.54, 1.807) is 12.4 Å². The molecule has 0 radical (unpaired) electrons. The lowest BCUT2D eigenvalue weighted by molar-refractivity contribution is 0.422. The molecule has 2 rings (SSSR count). The van der Waals surface area contributed by atoms with Gasteiger partial charge in [0.2, 0.25) is 0 Å². The zero-order valence-electron chi connectivity index (χ0n) is 8.50. The van der Waals surface area contributed by atoms with E-state index in [0.29, 0.717) is 0 Å². The maximum absolute atomic E-state index is 13.4. The van der Waals surface area contributed by atoms with Crippen molar-refractivity contribution >= 4 is 12.6 Å². The molecular formula is C9H9BFN3O2. The molecule has 0 amide bonds. The van der Waals surface area contributed by atoms with E-state index < -0.39 is 12.9 Å². The topological polar surface area (TPSA) is 71.2 Å². The first kappa shape index (κ1) is 10.8. The van der Waals surface area contributed by atoms with Crippen molar-refractivity contribution in [3.05, 3.63) is 36.0 Å². The van der Waals surface area contributed by atoms with Crippen LogP contribution in [-0.4, -0.2) is 31.9 Å². The van der Waals surface area contributed by atoms with Crippen LogP contribution >= 0.6 is 0 Å². The van der Waals surface area contributed by atoms with Crippen molar-refractivity contribution in [3.8, 4) is 5.82 Å². The van der Waals surface area contributed by atoms with Gasteiger partial charge >= 0.3 is 7.12 Å². The largest absolute Gasteiger partial charge is 0.493 e. The van der Waals surface area contributed by atoms with Gasteiger partial charge < -0.3 is 10.0 Å². The van der Waals surface area contributed by atoms with Crippen LogP contribution in [0.15, 0.2) is 24.7 Å². The molecule has 0 saturated heterocycles. The van der Waals surface area contributed by atoms with Gasteiger partial charge in [0.25, 0.3) is 0 Å². The van der Waals surface area contributed by atoms with Crippen LogP contribution in [0.3, 0.4) is 0 Å². The summed E-state index contributed by atoms with van der Waals surface area (Å²) in [5, 5.41) is 21.6. The number of nitrogens with zero attached hydrogens (tertiary/aromatic N) is 3. The molecule has 5 nitrogen and oxygen atoms in total. The van der Waals surface area contributed by atoms with Crippen LogP contribution in [0.2, 0.25) is 0 Å². The third kappa shape index (κ3) is 1.95.